The SMILES string of the molecule is [Ti].c1ccc2c(c1)-c1nc-2nc2[nH]c(nc3nc(nc4[nH]c(n1)c1ccccc41)-c1ccccc1-3)c1ccccc21. The zero-order valence-electron chi connectivity index (χ0n) is 21.4. The van der Waals surface area contributed by atoms with Gasteiger partial charge in [-0.05, 0) is 0 Å². The Balaban J connectivity index is 0.00000256. The molecule has 190 valence electrons. The molecule has 2 N–H and O–H groups in total. The molecule has 0 saturated heterocycles. The van der Waals surface area contributed by atoms with Crippen molar-refractivity contribution in [3.05, 3.63) is 97.1 Å². The van der Waals surface area contributed by atoms with Crippen LogP contribution in [-0.2, 0) is 21.7 Å². The third kappa shape index (κ3) is 3.58. The van der Waals surface area contributed by atoms with Crippen LogP contribution in [0.25, 0.3) is 89.7 Å². The molecule has 0 saturated carbocycles. The minimum absolute atomic E-state index is 0. The Labute approximate surface area is 247 Å². The molecule has 9 rings (SSSR count). The Morgan fingerprint density at radius 1 is 0.317 bits per heavy atom. The Hall–Kier alpha value is -5.05. The number of fused-ring (bicyclic) bond motifs is 20. The van der Waals surface area contributed by atoms with E-state index >= 15 is 0 Å². The van der Waals surface area contributed by atoms with Gasteiger partial charge in [-0.1, -0.05) is 97.1 Å². The van der Waals surface area contributed by atoms with Gasteiger partial charge in [-0.25, -0.2) is 29.9 Å². The average Bonchev–Trinajstić information content (AvgIpc) is 3.73. The quantitative estimate of drug-likeness (QED) is 0.195. The predicted molar refractivity (Wildman–Crippen MR) is 156 cm³/mol. The molecule has 0 fully saturated rings. The maximum atomic E-state index is 5.02. The van der Waals surface area contributed by atoms with Crippen molar-refractivity contribution in [1.29, 1.82) is 0 Å². The van der Waals surface area contributed by atoms with Gasteiger partial charge in [0, 0.05) is 65.5 Å². The second-order valence-electron chi connectivity index (χ2n) is 9.79. The molecule has 2 aliphatic rings. The van der Waals surface area contributed by atoms with Gasteiger partial charge < -0.3 is 9.97 Å². The molecule has 5 heterocycles. The van der Waals surface area contributed by atoms with Crippen molar-refractivity contribution in [3.8, 4) is 45.6 Å². The van der Waals surface area contributed by atoms with Gasteiger partial charge in [-0.3, -0.25) is 0 Å². The van der Waals surface area contributed by atoms with E-state index in [1.807, 2.05) is 97.1 Å². The van der Waals surface area contributed by atoms with E-state index in [1.165, 1.54) is 0 Å². The Kier molecular flexibility index (Phi) is 5.22. The average molecular weight is 562 g/mol. The molecular formula is C32H18N8Ti. The van der Waals surface area contributed by atoms with Crippen molar-refractivity contribution in [2.24, 2.45) is 0 Å². The Morgan fingerprint density at radius 3 is 0.829 bits per heavy atom. The van der Waals surface area contributed by atoms with E-state index < -0.39 is 0 Å². The number of benzene rings is 4. The second kappa shape index (κ2) is 8.99. The first-order chi connectivity index (χ1) is 19.8. The fourth-order valence-electron chi connectivity index (χ4n) is 5.59. The van der Waals surface area contributed by atoms with Crippen LogP contribution >= 0.6 is 0 Å². The number of hydrogen-bond donors (Lipinski definition) is 2. The van der Waals surface area contributed by atoms with E-state index in [9.17, 15) is 0 Å². The molecule has 7 aromatic rings. The summed E-state index contributed by atoms with van der Waals surface area (Å²) in [7, 11) is 0. The number of nitrogens with one attached hydrogen (secondary N) is 2. The van der Waals surface area contributed by atoms with E-state index in [-0.39, 0.29) is 21.7 Å². The van der Waals surface area contributed by atoms with Crippen molar-refractivity contribution in [2.45, 2.75) is 0 Å². The number of rotatable bonds is 0. The fourth-order valence-corrected chi connectivity index (χ4v) is 5.59. The van der Waals surface area contributed by atoms with Gasteiger partial charge in [0.1, 0.15) is 22.6 Å². The smallest absolute Gasteiger partial charge is 0.164 e. The van der Waals surface area contributed by atoms with E-state index in [4.69, 9.17) is 29.9 Å². The first kappa shape index (κ1) is 23.8. The van der Waals surface area contributed by atoms with Crippen molar-refractivity contribution in [2.75, 3.05) is 0 Å². The molecule has 3 aromatic heterocycles. The topological polar surface area (TPSA) is 109 Å². The van der Waals surface area contributed by atoms with Crippen LogP contribution in [0.3, 0.4) is 0 Å². The summed E-state index contributed by atoms with van der Waals surface area (Å²) in [5.41, 5.74) is 6.45. The Bertz CT molecular complexity index is 2030. The minimum atomic E-state index is 0. The normalized spacial score (nSPS) is 11.7. The first-order valence-electron chi connectivity index (χ1n) is 13.0. The molecule has 0 unspecified atom stereocenters. The predicted octanol–water partition coefficient (Wildman–Crippen LogP) is 6.87. The van der Waals surface area contributed by atoms with Crippen LogP contribution in [0.2, 0.25) is 0 Å². The number of hydrogen-bond acceptors (Lipinski definition) is 6. The molecular weight excluding hydrogens is 544 g/mol. The fraction of sp³-hybridized carbons (Fsp3) is 0. The molecule has 2 aliphatic heterocycles. The molecule has 0 atom stereocenters. The first-order valence-corrected chi connectivity index (χ1v) is 13.0. The van der Waals surface area contributed by atoms with Crippen molar-refractivity contribution in [1.82, 2.24) is 39.9 Å². The van der Waals surface area contributed by atoms with Gasteiger partial charge in [0.15, 0.2) is 23.3 Å². The molecule has 0 radical (unpaired) electrons. The molecule has 8 nitrogen and oxygen atoms in total. The van der Waals surface area contributed by atoms with Crippen LogP contribution in [0.1, 0.15) is 0 Å². The van der Waals surface area contributed by atoms with Crippen molar-refractivity contribution >= 4 is 44.1 Å². The van der Waals surface area contributed by atoms with Crippen LogP contribution in [-0.4, -0.2) is 39.9 Å². The maximum Gasteiger partial charge on any atom is 0.164 e. The van der Waals surface area contributed by atoms with E-state index in [1.54, 1.807) is 0 Å². The monoisotopic (exact) mass is 562 g/mol. The summed E-state index contributed by atoms with van der Waals surface area (Å²) in [6.07, 6.45) is 0. The van der Waals surface area contributed by atoms with Gasteiger partial charge in [-0.2, -0.15) is 0 Å². The van der Waals surface area contributed by atoms with Crippen LogP contribution in [0.5, 0.6) is 0 Å². The number of aromatic amines is 2. The molecule has 0 spiro atoms. The largest absolute Gasteiger partial charge is 0.324 e. The number of nitrogens with zero attached hydrogens (tertiary/aromatic N) is 6. The number of H-pyrrole nitrogens is 2. The molecule has 8 bridgehead atoms. The van der Waals surface area contributed by atoms with E-state index in [2.05, 4.69) is 9.97 Å². The Morgan fingerprint density at radius 2 is 0.561 bits per heavy atom. The molecule has 41 heavy (non-hydrogen) atoms. The standard InChI is InChI=1S/C32H18N8.Ti/c1-2-10-18-17(9-1)25-33-26(18)38-28-21-13-5-6-14-22(21)30(35-28)40-32-24-16-8-7-15-23(24)31(36-32)39-29-20-12-4-3-11-19(20)27(34-29)37-25;/h1-16H,(H2,33,34,35,36,37,38,39,40);. The number of aromatic nitrogens is 8. The summed E-state index contributed by atoms with van der Waals surface area (Å²) in [6.45, 7) is 0. The summed E-state index contributed by atoms with van der Waals surface area (Å²) >= 11 is 0. The van der Waals surface area contributed by atoms with Gasteiger partial charge in [0.2, 0.25) is 0 Å². The van der Waals surface area contributed by atoms with E-state index in [0.29, 0.717) is 45.9 Å². The summed E-state index contributed by atoms with van der Waals surface area (Å²) in [5.74, 6) is 2.39. The van der Waals surface area contributed by atoms with Crippen LogP contribution in [0.15, 0.2) is 97.1 Å². The zero-order chi connectivity index (χ0) is 26.2. The van der Waals surface area contributed by atoms with Gasteiger partial charge in [0.05, 0.1) is 0 Å². The second-order valence-corrected chi connectivity index (χ2v) is 9.79. The molecule has 0 amide bonds. The van der Waals surface area contributed by atoms with Gasteiger partial charge in [-0.15, -0.1) is 0 Å². The van der Waals surface area contributed by atoms with Gasteiger partial charge in [0.25, 0.3) is 0 Å². The molecule has 9 heteroatoms. The molecule has 0 aliphatic carbocycles. The zero-order valence-corrected chi connectivity index (χ0v) is 23.0. The van der Waals surface area contributed by atoms with Gasteiger partial charge >= 0.3 is 0 Å². The summed E-state index contributed by atoms with van der Waals surface area (Å²) in [5, 5.41) is 3.82. The summed E-state index contributed by atoms with van der Waals surface area (Å²) in [4.78, 5) is 36.8. The molecule has 4 aromatic carbocycles. The van der Waals surface area contributed by atoms with E-state index in [0.717, 1.165) is 43.8 Å². The minimum Gasteiger partial charge on any atom is -0.324 e. The van der Waals surface area contributed by atoms with Crippen LogP contribution in [0.4, 0.5) is 0 Å². The van der Waals surface area contributed by atoms with Crippen molar-refractivity contribution < 1.29 is 21.7 Å². The maximum absolute atomic E-state index is 5.02. The third-order valence-corrected chi connectivity index (χ3v) is 7.46. The summed E-state index contributed by atoms with van der Waals surface area (Å²) in [6, 6.07) is 32.2. The van der Waals surface area contributed by atoms with Crippen molar-refractivity contribution in [3.63, 3.8) is 0 Å². The van der Waals surface area contributed by atoms with Crippen LogP contribution in [0, 0.1) is 0 Å². The summed E-state index contributed by atoms with van der Waals surface area (Å²) < 4.78 is 0. The third-order valence-electron chi connectivity index (χ3n) is 7.46. The van der Waals surface area contributed by atoms with Crippen LogP contribution < -0.4 is 0 Å².